The first-order valence-corrected chi connectivity index (χ1v) is 8.45. The molecule has 0 radical (unpaired) electrons. The zero-order valence-electron chi connectivity index (χ0n) is 9.28. The average Bonchev–Trinajstić information content (AvgIpc) is 2.39. The molecule has 0 atom stereocenters. The van der Waals surface area contributed by atoms with Crippen LogP contribution in [0.5, 0.6) is 0 Å². The molecule has 3 nitrogen and oxygen atoms in total. The van der Waals surface area contributed by atoms with Crippen molar-refractivity contribution in [2.45, 2.75) is 0 Å². The molecule has 0 aliphatic heterocycles. The van der Waals surface area contributed by atoms with E-state index in [1.54, 1.807) is 24.3 Å². The highest BCUT2D eigenvalue weighted by molar-refractivity contribution is 6.78. The first-order valence-electron chi connectivity index (χ1n) is 5.36. The van der Waals surface area contributed by atoms with Crippen LogP contribution in [0.1, 0.15) is 0 Å². The van der Waals surface area contributed by atoms with Crippen LogP contribution >= 0.6 is 0 Å². The van der Waals surface area contributed by atoms with Crippen LogP contribution in [0.3, 0.4) is 0 Å². The minimum Gasteiger partial charge on any atom is -0.414 e. The second-order valence-corrected chi connectivity index (χ2v) is 7.80. The summed E-state index contributed by atoms with van der Waals surface area (Å²) >= 11 is 0. The third-order valence-electron chi connectivity index (χ3n) is 2.43. The summed E-state index contributed by atoms with van der Waals surface area (Å²) in [5.41, 5.74) is 0. The van der Waals surface area contributed by atoms with Crippen molar-refractivity contribution >= 4 is 28.9 Å². The minimum atomic E-state index is -3.70. The summed E-state index contributed by atoms with van der Waals surface area (Å²) in [4.78, 5) is 19.9. The molecule has 2 rings (SSSR count). The van der Waals surface area contributed by atoms with E-state index in [4.69, 9.17) is 4.12 Å². The van der Waals surface area contributed by atoms with Gasteiger partial charge in [0, 0.05) is 5.19 Å². The molecule has 0 saturated heterocycles. The third-order valence-corrected chi connectivity index (χ3v) is 6.51. The second-order valence-electron chi connectivity index (χ2n) is 3.75. The maximum Gasteiger partial charge on any atom is 0.521 e. The monoisotopic (exact) mass is 262 g/mol. The molecule has 0 aromatic heterocycles. The van der Waals surface area contributed by atoms with Crippen LogP contribution in [0, 0.1) is 0 Å². The standard InChI is InChI=1S/C12H14O3Si2/c13-17(14,12-9-5-2-6-10-12)15-16-11-7-3-1-4-8-11/h1-10,13-14H,16H2. The minimum absolute atomic E-state index is 0.489. The van der Waals surface area contributed by atoms with Crippen LogP contribution in [-0.2, 0) is 4.12 Å². The smallest absolute Gasteiger partial charge is 0.414 e. The van der Waals surface area contributed by atoms with Crippen molar-refractivity contribution < 1.29 is 13.7 Å². The van der Waals surface area contributed by atoms with Crippen molar-refractivity contribution in [3.63, 3.8) is 0 Å². The lowest BCUT2D eigenvalue weighted by molar-refractivity contribution is 0.268. The van der Waals surface area contributed by atoms with Gasteiger partial charge in [-0.1, -0.05) is 60.7 Å². The molecule has 0 aliphatic carbocycles. The van der Waals surface area contributed by atoms with Crippen molar-refractivity contribution in [3.05, 3.63) is 60.7 Å². The van der Waals surface area contributed by atoms with Crippen molar-refractivity contribution in [1.29, 1.82) is 0 Å². The molecular weight excluding hydrogens is 248 g/mol. The predicted octanol–water partition coefficient (Wildman–Crippen LogP) is -0.757. The van der Waals surface area contributed by atoms with Crippen molar-refractivity contribution in [1.82, 2.24) is 0 Å². The number of rotatable bonds is 4. The molecule has 2 aromatic carbocycles. The zero-order valence-corrected chi connectivity index (χ0v) is 11.7. The molecule has 2 aromatic rings. The summed E-state index contributed by atoms with van der Waals surface area (Å²) < 4.78 is 5.39. The van der Waals surface area contributed by atoms with E-state index in [0.29, 0.717) is 5.19 Å². The van der Waals surface area contributed by atoms with Crippen molar-refractivity contribution in [3.8, 4) is 0 Å². The van der Waals surface area contributed by atoms with Crippen LogP contribution < -0.4 is 10.4 Å². The molecule has 17 heavy (non-hydrogen) atoms. The maximum atomic E-state index is 9.95. The molecule has 0 unspecified atom stereocenters. The number of hydrogen-bond acceptors (Lipinski definition) is 3. The van der Waals surface area contributed by atoms with E-state index in [9.17, 15) is 9.59 Å². The Morgan fingerprint density at radius 1 is 0.824 bits per heavy atom. The van der Waals surface area contributed by atoms with Gasteiger partial charge < -0.3 is 13.7 Å². The zero-order chi connectivity index (χ0) is 12.1. The lowest BCUT2D eigenvalue weighted by Gasteiger charge is -2.18. The van der Waals surface area contributed by atoms with Crippen LogP contribution in [0.25, 0.3) is 0 Å². The van der Waals surface area contributed by atoms with E-state index in [-0.39, 0.29) is 0 Å². The first-order chi connectivity index (χ1) is 8.18. The quantitative estimate of drug-likeness (QED) is 0.713. The van der Waals surface area contributed by atoms with Crippen LogP contribution in [0.15, 0.2) is 60.7 Å². The Morgan fingerprint density at radius 3 is 1.94 bits per heavy atom. The van der Waals surface area contributed by atoms with Crippen molar-refractivity contribution in [2.24, 2.45) is 0 Å². The molecule has 0 spiro atoms. The highest BCUT2D eigenvalue weighted by Gasteiger charge is 2.34. The molecule has 0 heterocycles. The van der Waals surface area contributed by atoms with Gasteiger partial charge in [0.2, 0.25) is 0 Å². The SMILES string of the molecule is O[Si](O)(O[SiH2]c1ccccc1)c1ccccc1. The van der Waals surface area contributed by atoms with Gasteiger partial charge in [-0.3, -0.25) is 0 Å². The van der Waals surface area contributed by atoms with Gasteiger partial charge in [-0.2, -0.15) is 0 Å². The van der Waals surface area contributed by atoms with Gasteiger partial charge in [0.15, 0.2) is 9.76 Å². The molecular formula is C12H14O3Si2. The molecule has 0 saturated carbocycles. The summed E-state index contributed by atoms with van der Waals surface area (Å²) in [5, 5.41) is 1.55. The van der Waals surface area contributed by atoms with Gasteiger partial charge in [0.05, 0.1) is 0 Å². The summed E-state index contributed by atoms with van der Waals surface area (Å²) in [6.45, 7) is 0. The largest absolute Gasteiger partial charge is 0.521 e. The van der Waals surface area contributed by atoms with E-state index in [2.05, 4.69) is 0 Å². The molecule has 0 amide bonds. The molecule has 0 aliphatic rings. The van der Waals surface area contributed by atoms with E-state index >= 15 is 0 Å². The summed E-state index contributed by atoms with van der Waals surface area (Å²) in [6, 6.07) is 18.4. The third kappa shape index (κ3) is 3.35. The Kier molecular flexibility index (Phi) is 3.87. The summed E-state index contributed by atoms with van der Waals surface area (Å²) in [5.74, 6) is 0. The lowest BCUT2D eigenvalue weighted by Crippen LogP contribution is -2.53. The van der Waals surface area contributed by atoms with Gasteiger partial charge in [-0.05, 0) is 5.19 Å². The molecule has 0 bridgehead atoms. The van der Waals surface area contributed by atoms with E-state index in [1.807, 2.05) is 36.4 Å². The second kappa shape index (κ2) is 5.39. The van der Waals surface area contributed by atoms with Crippen LogP contribution in [0.2, 0.25) is 0 Å². The lowest BCUT2D eigenvalue weighted by atomic mass is 10.4. The number of benzene rings is 2. The van der Waals surface area contributed by atoms with Gasteiger partial charge in [-0.25, -0.2) is 0 Å². The first kappa shape index (κ1) is 12.2. The fourth-order valence-corrected chi connectivity index (χ4v) is 4.73. The van der Waals surface area contributed by atoms with E-state index in [0.717, 1.165) is 5.19 Å². The Morgan fingerprint density at radius 2 is 1.35 bits per heavy atom. The predicted molar refractivity (Wildman–Crippen MR) is 72.0 cm³/mol. The normalized spacial score (nSPS) is 12.1. The van der Waals surface area contributed by atoms with Crippen LogP contribution in [-0.4, -0.2) is 28.2 Å². The highest BCUT2D eigenvalue weighted by atomic mass is 28.4. The molecule has 5 heteroatoms. The number of hydrogen-bond donors (Lipinski definition) is 2. The Balaban J connectivity index is 2.03. The molecule has 88 valence electrons. The van der Waals surface area contributed by atoms with E-state index in [1.165, 1.54) is 0 Å². The Hall–Kier alpha value is -1.25. The highest BCUT2D eigenvalue weighted by Crippen LogP contribution is 1.97. The fraction of sp³-hybridized carbons (Fsp3) is 0. The fourth-order valence-electron chi connectivity index (χ4n) is 1.50. The van der Waals surface area contributed by atoms with Gasteiger partial charge >= 0.3 is 8.80 Å². The topological polar surface area (TPSA) is 49.7 Å². The van der Waals surface area contributed by atoms with Crippen LogP contribution in [0.4, 0.5) is 0 Å². The maximum absolute atomic E-state index is 9.95. The van der Waals surface area contributed by atoms with Crippen molar-refractivity contribution in [2.75, 3.05) is 0 Å². The Bertz CT molecular complexity index is 460. The van der Waals surface area contributed by atoms with Gasteiger partial charge in [0.25, 0.3) is 0 Å². The summed E-state index contributed by atoms with van der Waals surface area (Å²) in [7, 11) is -4.80. The van der Waals surface area contributed by atoms with Gasteiger partial charge in [0.1, 0.15) is 0 Å². The summed E-state index contributed by atoms with van der Waals surface area (Å²) in [6.07, 6.45) is 0. The Labute approximate surface area is 104 Å². The average molecular weight is 262 g/mol. The van der Waals surface area contributed by atoms with E-state index < -0.39 is 18.6 Å². The molecule has 2 N–H and O–H groups in total. The molecule has 0 fully saturated rings. The van der Waals surface area contributed by atoms with Gasteiger partial charge in [-0.15, -0.1) is 0 Å².